The van der Waals surface area contributed by atoms with Crippen molar-refractivity contribution in [3.05, 3.63) is 28.8 Å². The Labute approximate surface area is 145 Å². The van der Waals surface area contributed by atoms with Gasteiger partial charge in [0.1, 0.15) is 5.75 Å². The predicted molar refractivity (Wildman–Crippen MR) is 97.3 cm³/mol. The Bertz CT molecular complexity index is 463. The van der Waals surface area contributed by atoms with E-state index in [-0.39, 0.29) is 12.5 Å². The van der Waals surface area contributed by atoms with Gasteiger partial charge in [-0.1, -0.05) is 63.5 Å². The number of carbonyl (C=O) groups excluding carboxylic acids is 1. The lowest BCUT2D eigenvalue weighted by Gasteiger charge is -2.09. The average molecular weight is 340 g/mol. The summed E-state index contributed by atoms with van der Waals surface area (Å²) in [6.07, 6.45) is 10.1. The Morgan fingerprint density at radius 3 is 2.39 bits per heavy atom. The number of amides is 1. The van der Waals surface area contributed by atoms with Gasteiger partial charge in [-0.3, -0.25) is 4.79 Å². The molecule has 0 aliphatic heterocycles. The lowest BCUT2D eigenvalue weighted by Crippen LogP contribution is -2.29. The number of ether oxygens (including phenoxy) is 1. The predicted octanol–water partition coefficient (Wildman–Crippen LogP) is 5.28. The second-order valence-electron chi connectivity index (χ2n) is 6.02. The molecule has 0 radical (unpaired) electrons. The minimum absolute atomic E-state index is 0.0550. The van der Waals surface area contributed by atoms with E-state index in [1.165, 1.54) is 44.9 Å². The number of unbranched alkanes of at least 4 members (excludes halogenated alkanes) is 7. The van der Waals surface area contributed by atoms with Crippen molar-refractivity contribution in [2.75, 3.05) is 13.2 Å². The molecule has 0 fully saturated rings. The Morgan fingerprint density at radius 2 is 1.74 bits per heavy atom. The molecule has 3 nitrogen and oxygen atoms in total. The van der Waals surface area contributed by atoms with Gasteiger partial charge < -0.3 is 10.1 Å². The summed E-state index contributed by atoms with van der Waals surface area (Å²) in [6.45, 7) is 4.94. The first kappa shape index (κ1) is 19.8. The number of hydrogen-bond acceptors (Lipinski definition) is 2. The van der Waals surface area contributed by atoms with Crippen LogP contribution in [-0.4, -0.2) is 19.1 Å². The van der Waals surface area contributed by atoms with E-state index in [0.717, 1.165) is 18.5 Å². The molecular formula is C19H30ClNO2. The summed E-state index contributed by atoms with van der Waals surface area (Å²) in [5, 5.41) is 3.58. The number of carbonyl (C=O) groups is 1. The first-order valence-corrected chi connectivity index (χ1v) is 9.17. The largest absolute Gasteiger partial charge is 0.484 e. The maximum absolute atomic E-state index is 11.7. The molecule has 0 bridgehead atoms. The molecule has 4 heteroatoms. The number of hydrogen-bond donors (Lipinski definition) is 1. The molecule has 0 spiro atoms. The van der Waals surface area contributed by atoms with Crippen molar-refractivity contribution in [2.24, 2.45) is 0 Å². The molecule has 0 aliphatic rings. The summed E-state index contributed by atoms with van der Waals surface area (Å²) in [6, 6.07) is 5.39. The van der Waals surface area contributed by atoms with E-state index >= 15 is 0 Å². The highest BCUT2D eigenvalue weighted by molar-refractivity contribution is 6.30. The fraction of sp³-hybridized carbons (Fsp3) is 0.632. The second kappa shape index (κ2) is 12.2. The monoisotopic (exact) mass is 339 g/mol. The van der Waals surface area contributed by atoms with Crippen LogP contribution in [-0.2, 0) is 4.79 Å². The molecule has 0 unspecified atom stereocenters. The van der Waals surface area contributed by atoms with Crippen LogP contribution in [0.15, 0.2) is 18.2 Å². The number of nitrogens with one attached hydrogen (secondary N) is 1. The minimum atomic E-state index is -0.0673. The fourth-order valence-corrected chi connectivity index (χ4v) is 2.68. The van der Waals surface area contributed by atoms with Gasteiger partial charge in [-0.2, -0.15) is 0 Å². The Hall–Kier alpha value is -1.22. The standard InChI is InChI=1S/C19H30ClNO2/c1-3-4-5-6-7-8-9-10-13-21-19(22)15-23-18-12-11-17(20)14-16(18)2/h11-12,14H,3-10,13,15H2,1-2H3,(H,21,22). The first-order chi connectivity index (χ1) is 11.1. The van der Waals surface area contributed by atoms with Crippen LogP contribution in [0.4, 0.5) is 0 Å². The van der Waals surface area contributed by atoms with Crippen LogP contribution in [0.25, 0.3) is 0 Å². The highest BCUT2D eigenvalue weighted by Gasteiger charge is 2.04. The zero-order chi connectivity index (χ0) is 16.9. The van der Waals surface area contributed by atoms with Crippen LogP contribution in [0.1, 0.15) is 63.9 Å². The molecule has 0 aliphatic carbocycles. The fourth-order valence-electron chi connectivity index (χ4n) is 2.46. The van der Waals surface area contributed by atoms with Crippen molar-refractivity contribution in [2.45, 2.75) is 65.2 Å². The van der Waals surface area contributed by atoms with Gasteiger partial charge in [0.15, 0.2) is 6.61 Å². The van der Waals surface area contributed by atoms with Gasteiger partial charge >= 0.3 is 0 Å². The Morgan fingerprint density at radius 1 is 1.09 bits per heavy atom. The van der Waals surface area contributed by atoms with E-state index in [2.05, 4.69) is 12.2 Å². The van der Waals surface area contributed by atoms with Crippen LogP contribution in [0.2, 0.25) is 5.02 Å². The third-order valence-electron chi connectivity index (χ3n) is 3.85. The summed E-state index contributed by atoms with van der Waals surface area (Å²) in [7, 11) is 0. The smallest absolute Gasteiger partial charge is 0.257 e. The molecule has 1 N–H and O–H groups in total. The summed E-state index contributed by atoms with van der Waals surface area (Å²) >= 11 is 5.89. The third-order valence-corrected chi connectivity index (χ3v) is 4.08. The maximum Gasteiger partial charge on any atom is 0.257 e. The summed E-state index contributed by atoms with van der Waals surface area (Å²) in [5.74, 6) is 0.638. The molecular weight excluding hydrogens is 310 g/mol. The van der Waals surface area contributed by atoms with Crippen molar-refractivity contribution >= 4 is 17.5 Å². The van der Waals surface area contributed by atoms with Crippen molar-refractivity contribution in [3.8, 4) is 5.75 Å². The van der Waals surface area contributed by atoms with Crippen LogP contribution >= 0.6 is 11.6 Å². The Kier molecular flexibility index (Phi) is 10.5. The summed E-state index contributed by atoms with van der Waals surface area (Å²) < 4.78 is 5.52. The van der Waals surface area contributed by atoms with Crippen molar-refractivity contribution in [3.63, 3.8) is 0 Å². The number of aryl methyl sites for hydroxylation is 1. The lowest BCUT2D eigenvalue weighted by atomic mass is 10.1. The maximum atomic E-state index is 11.7. The average Bonchev–Trinajstić information content (AvgIpc) is 2.52. The first-order valence-electron chi connectivity index (χ1n) is 8.79. The molecule has 0 atom stereocenters. The molecule has 130 valence electrons. The van der Waals surface area contributed by atoms with Crippen LogP contribution in [0.5, 0.6) is 5.75 Å². The van der Waals surface area contributed by atoms with E-state index in [1.807, 2.05) is 13.0 Å². The highest BCUT2D eigenvalue weighted by atomic mass is 35.5. The van der Waals surface area contributed by atoms with Gasteiger partial charge in [0.2, 0.25) is 0 Å². The van der Waals surface area contributed by atoms with E-state index in [9.17, 15) is 4.79 Å². The number of benzene rings is 1. The molecule has 0 aromatic heterocycles. The van der Waals surface area contributed by atoms with E-state index in [0.29, 0.717) is 10.8 Å². The van der Waals surface area contributed by atoms with Crippen molar-refractivity contribution in [1.82, 2.24) is 5.32 Å². The Balaban J connectivity index is 2.02. The van der Waals surface area contributed by atoms with E-state index in [1.54, 1.807) is 12.1 Å². The topological polar surface area (TPSA) is 38.3 Å². The number of halogens is 1. The minimum Gasteiger partial charge on any atom is -0.484 e. The van der Waals surface area contributed by atoms with Crippen molar-refractivity contribution < 1.29 is 9.53 Å². The molecule has 0 saturated heterocycles. The van der Waals surface area contributed by atoms with Gasteiger partial charge in [0, 0.05) is 11.6 Å². The lowest BCUT2D eigenvalue weighted by molar-refractivity contribution is -0.123. The van der Waals surface area contributed by atoms with Gasteiger partial charge in [0.25, 0.3) is 5.91 Å². The second-order valence-corrected chi connectivity index (χ2v) is 6.46. The van der Waals surface area contributed by atoms with Crippen LogP contribution in [0, 0.1) is 6.92 Å². The van der Waals surface area contributed by atoms with Gasteiger partial charge in [-0.15, -0.1) is 0 Å². The third kappa shape index (κ3) is 9.50. The molecule has 1 aromatic carbocycles. The van der Waals surface area contributed by atoms with Crippen LogP contribution < -0.4 is 10.1 Å². The molecule has 1 aromatic rings. The normalized spacial score (nSPS) is 10.6. The molecule has 0 saturated carbocycles. The highest BCUT2D eigenvalue weighted by Crippen LogP contribution is 2.21. The summed E-state index contributed by atoms with van der Waals surface area (Å²) in [4.78, 5) is 11.7. The van der Waals surface area contributed by atoms with Gasteiger partial charge in [-0.25, -0.2) is 0 Å². The quantitative estimate of drug-likeness (QED) is 0.526. The van der Waals surface area contributed by atoms with E-state index < -0.39 is 0 Å². The van der Waals surface area contributed by atoms with Gasteiger partial charge in [0.05, 0.1) is 0 Å². The van der Waals surface area contributed by atoms with Crippen molar-refractivity contribution in [1.29, 1.82) is 0 Å². The molecule has 1 rings (SSSR count). The zero-order valence-corrected chi connectivity index (χ0v) is 15.3. The SMILES string of the molecule is CCCCCCCCCCNC(=O)COc1ccc(Cl)cc1C. The number of rotatable bonds is 12. The molecule has 0 heterocycles. The van der Waals surface area contributed by atoms with Crippen LogP contribution in [0.3, 0.4) is 0 Å². The summed E-state index contributed by atoms with van der Waals surface area (Å²) in [5.41, 5.74) is 0.938. The molecule has 23 heavy (non-hydrogen) atoms. The molecule has 1 amide bonds. The van der Waals surface area contributed by atoms with E-state index in [4.69, 9.17) is 16.3 Å². The zero-order valence-electron chi connectivity index (χ0n) is 14.5. The van der Waals surface area contributed by atoms with Gasteiger partial charge in [-0.05, 0) is 37.1 Å².